The van der Waals surface area contributed by atoms with E-state index in [1.807, 2.05) is 13.0 Å². The molecule has 2 aromatic rings. The Morgan fingerprint density at radius 2 is 1.95 bits per heavy atom. The second kappa shape index (κ2) is 6.72. The number of rotatable bonds is 5. The minimum Gasteiger partial charge on any atom is -0.478 e. The smallest absolute Gasteiger partial charge is 0.335 e. The van der Waals surface area contributed by atoms with Crippen molar-refractivity contribution in [3.8, 4) is 0 Å². The average molecular weight is 352 g/mol. The number of benzene rings is 2. The maximum absolute atomic E-state index is 12.9. The van der Waals surface area contributed by atoms with E-state index in [1.54, 1.807) is 24.3 Å². The molecule has 0 aromatic heterocycles. The van der Waals surface area contributed by atoms with E-state index in [9.17, 15) is 9.18 Å². The molecule has 0 saturated heterocycles. The second-order valence-corrected chi connectivity index (χ2v) is 5.83. The third-order valence-corrected chi connectivity index (χ3v) is 3.47. The molecule has 1 atom stereocenters. The number of anilines is 1. The summed E-state index contributed by atoms with van der Waals surface area (Å²) in [5, 5.41) is 12.3. The number of carboxylic acids is 1. The standard InChI is InChI=1S/C16H15BrFNO2/c1-10(6-11-2-4-14(18)5-3-11)19-15-8-12(16(20)21)7-13(17)9-15/h2-5,7-10,19H,6H2,1H3,(H,20,21). The third-order valence-electron chi connectivity index (χ3n) is 3.01. The van der Waals surface area contributed by atoms with Crippen molar-refractivity contribution < 1.29 is 14.3 Å². The first-order chi connectivity index (χ1) is 9.94. The molecule has 0 heterocycles. The normalized spacial score (nSPS) is 12.0. The topological polar surface area (TPSA) is 49.3 Å². The van der Waals surface area contributed by atoms with Crippen LogP contribution in [0, 0.1) is 5.82 Å². The zero-order valence-corrected chi connectivity index (χ0v) is 13.0. The number of carbonyl (C=O) groups is 1. The highest BCUT2D eigenvalue weighted by molar-refractivity contribution is 9.10. The summed E-state index contributed by atoms with van der Waals surface area (Å²) in [5.74, 6) is -1.22. The first kappa shape index (κ1) is 15.5. The maximum Gasteiger partial charge on any atom is 0.335 e. The Morgan fingerprint density at radius 3 is 2.57 bits per heavy atom. The summed E-state index contributed by atoms with van der Waals surface area (Å²) in [5.41, 5.74) is 1.97. The van der Waals surface area contributed by atoms with E-state index >= 15 is 0 Å². The number of halogens is 2. The van der Waals surface area contributed by atoms with Gasteiger partial charge in [0.2, 0.25) is 0 Å². The van der Waals surface area contributed by atoms with Gasteiger partial charge in [-0.3, -0.25) is 0 Å². The quantitative estimate of drug-likeness (QED) is 0.842. The Morgan fingerprint density at radius 1 is 1.29 bits per heavy atom. The number of aromatic carboxylic acids is 1. The summed E-state index contributed by atoms with van der Waals surface area (Å²) in [4.78, 5) is 11.0. The lowest BCUT2D eigenvalue weighted by Gasteiger charge is -2.16. The van der Waals surface area contributed by atoms with Crippen LogP contribution in [0.2, 0.25) is 0 Å². The fourth-order valence-corrected chi connectivity index (χ4v) is 2.60. The van der Waals surface area contributed by atoms with Crippen LogP contribution in [0.1, 0.15) is 22.8 Å². The van der Waals surface area contributed by atoms with E-state index in [-0.39, 0.29) is 17.4 Å². The van der Waals surface area contributed by atoms with Crippen molar-refractivity contribution in [2.75, 3.05) is 5.32 Å². The van der Waals surface area contributed by atoms with Gasteiger partial charge in [0.15, 0.2) is 0 Å². The van der Waals surface area contributed by atoms with Crippen LogP contribution in [0.25, 0.3) is 0 Å². The minimum absolute atomic E-state index is 0.0893. The van der Waals surface area contributed by atoms with E-state index in [0.29, 0.717) is 4.47 Å². The van der Waals surface area contributed by atoms with Crippen LogP contribution < -0.4 is 5.32 Å². The van der Waals surface area contributed by atoms with Crippen molar-refractivity contribution in [3.05, 3.63) is 63.9 Å². The van der Waals surface area contributed by atoms with Gasteiger partial charge < -0.3 is 10.4 Å². The van der Waals surface area contributed by atoms with E-state index in [0.717, 1.165) is 17.7 Å². The highest BCUT2D eigenvalue weighted by Crippen LogP contribution is 2.21. The van der Waals surface area contributed by atoms with Crippen LogP contribution in [0.15, 0.2) is 46.9 Å². The van der Waals surface area contributed by atoms with E-state index in [4.69, 9.17) is 5.11 Å². The number of carboxylic acid groups (broad SMARTS) is 1. The fourth-order valence-electron chi connectivity index (χ4n) is 2.11. The summed E-state index contributed by atoms with van der Waals surface area (Å²) in [6, 6.07) is 11.4. The monoisotopic (exact) mass is 351 g/mol. The SMILES string of the molecule is CC(Cc1ccc(F)cc1)Nc1cc(Br)cc(C(=O)O)c1. The molecule has 21 heavy (non-hydrogen) atoms. The first-order valence-electron chi connectivity index (χ1n) is 6.49. The third kappa shape index (κ3) is 4.56. The Bertz CT molecular complexity index is 643. The van der Waals surface area contributed by atoms with E-state index in [2.05, 4.69) is 21.2 Å². The zero-order chi connectivity index (χ0) is 15.4. The molecule has 0 radical (unpaired) electrons. The summed E-state index contributed by atoms with van der Waals surface area (Å²) in [7, 11) is 0. The molecule has 5 heteroatoms. The van der Waals surface area contributed by atoms with Crippen LogP contribution in [0.5, 0.6) is 0 Å². The second-order valence-electron chi connectivity index (χ2n) is 4.91. The zero-order valence-electron chi connectivity index (χ0n) is 11.4. The Kier molecular flexibility index (Phi) is 4.96. The molecule has 3 nitrogen and oxygen atoms in total. The van der Waals surface area contributed by atoms with Gasteiger partial charge in [-0.25, -0.2) is 9.18 Å². The molecule has 2 aromatic carbocycles. The van der Waals surface area contributed by atoms with Gasteiger partial charge in [0.05, 0.1) is 5.56 Å². The average Bonchev–Trinajstić information content (AvgIpc) is 2.40. The highest BCUT2D eigenvalue weighted by atomic mass is 79.9. The van der Waals surface area contributed by atoms with E-state index < -0.39 is 5.97 Å². The molecular formula is C16H15BrFNO2. The molecule has 2 N–H and O–H groups in total. The molecule has 1 unspecified atom stereocenters. The van der Waals surface area contributed by atoms with E-state index in [1.165, 1.54) is 12.1 Å². The lowest BCUT2D eigenvalue weighted by atomic mass is 10.1. The maximum atomic E-state index is 12.9. The summed E-state index contributed by atoms with van der Waals surface area (Å²) >= 11 is 3.30. The molecular weight excluding hydrogens is 337 g/mol. The Labute approximate surface area is 130 Å². The van der Waals surface area contributed by atoms with Crippen LogP contribution in [-0.4, -0.2) is 17.1 Å². The summed E-state index contributed by atoms with van der Waals surface area (Å²) < 4.78 is 13.6. The van der Waals surface area contributed by atoms with Crippen molar-refractivity contribution >= 4 is 27.6 Å². The van der Waals surface area contributed by atoms with Gasteiger partial charge in [0.1, 0.15) is 5.82 Å². The summed E-state index contributed by atoms with van der Waals surface area (Å²) in [6.45, 7) is 1.99. The van der Waals surface area contributed by atoms with Gasteiger partial charge in [-0.15, -0.1) is 0 Å². The molecule has 0 bridgehead atoms. The molecule has 0 aliphatic rings. The first-order valence-corrected chi connectivity index (χ1v) is 7.28. The van der Waals surface area contributed by atoms with Crippen molar-refractivity contribution in [2.45, 2.75) is 19.4 Å². The Hall–Kier alpha value is -1.88. The molecule has 0 spiro atoms. The van der Waals surface area contributed by atoms with Crippen molar-refractivity contribution in [1.82, 2.24) is 0 Å². The minimum atomic E-state index is -0.967. The Balaban J connectivity index is 2.07. The molecule has 0 fully saturated rings. The molecule has 0 saturated carbocycles. The van der Waals surface area contributed by atoms with Gasteiger partial charge >= 0.3 is 5.97 Å². The van der Waals surface area contributed by atoms with Crippen LogP contribution in [-0.2, 0) is 6.42 Å². The van der Waals surface area contributed by atoms with Gasteiger partial charge in [-0.05, 0) is 49.2 Å². The number of hydrogen-bond donors (Lipinski definition) is 2. The molecule has 0 aliphatic carbocycles. The van der Waals surface area contributed by atoms with Crippen LogP contribution in [0.4, 0.5) is 10.1 Å². The molecule has 0 aliphatic heterocycles. The van der Waals surface area contributed by atoms with Gasteiger partial charge in [-0.1, -0.05) is 28.1 Å². The largest absolute Gasteiger partial charge is 0.478 e. The number of nitrogens with one attached hydrogen (secondary N) is 1. The number of hydrogen-bond acceptors (Lipinski definition) is 2. The summed E-state index contributed by atoms with van der Waals surface area (Å²) in [6.07, 6.45) is 0.717. The predicted molar refractivity (Wildman–Crippen MR) is 84.3 cm³/mol. The lowest BCUT2D eigenvalue weighted by molar-refractivity contribution is 0.0697. The molecule has 2 rings (SSSR count). The predicted octanol–water partition coefficient (Wildman–Crippen LogP) is 4.33. The fraction of sp³-hybridized carbons (Fsp3) is 0.188. The van der Waals surface area contributed by atoms with Crippen LogP contribution >= 0.6 is 15.9 Å². The van der Waals surface area contributed by atoms with Gasteiger partial charge in [0.25, 0.3) is 0 Å². The van der Waals surface area contributed by atoms with Gasteiger partial charge in [0, 0.05) is 16.2 Å². The van der Waals surface area contributed by atoms with Crippen LogP contribution in [0.3, 0.4) is 0 Å². The molecule has 110 valence electrons. The molecule has 0 amide bonds. The lowest BCUT2D eigenvalue weighted by Crippen LogP contribution is -2.18. The van der Waals surface area contributed by atoms with Crippen molar-refractivity contribution in [1.29, 1.82) is 0 Å². The van der Waals surface area contributed by atoms with Gasteiger partial charge in [-0.2, -0.15) is 0 Å². The highest BCUT2D eigenvalue weighted by Gasteiger charge is 2.09. The van der Waals surface area contributed by atoms with Crippen molar-refractivity contribution in [2.24, 2.45) is 0 Å². The van der Waals surface area contributed by atoms with Crippen molar-refractivity contribution in [3.63, 3.8) is 0 Å².